The second kappa shape index (κ2) is 6.17. The molecule has 88 valence electrons. The summed E-state index contributed by atoms with van der Waals surface area (Å²) in [6, 6.07) is 0. The van der Waals surface area contributed by atoms with Gasteiger partial charge in [0.25, 0.3) is 0 Å². The van der Waals surface area contributed by atoms with Crippen LogP contribution >= 0.6 is 27.7 Å². The van der Waals surface area contributed by atoms with Gasteiger partial charge < -0.3 is 5.11 Å². The highest BCUT2D eigenvalue weighted by Crippen LogP contribution is 2.37. The smallest absolute Gasteiger partial charge is 0.302 e. The third-order valence-electron chi connectivity index (χ3n) is 1.89. The van der Waals surface area contributed by atoms with Crippen molar-refractivity contribution in [1.82, 2.24) is 4.98 Å². The molecule has 0 radical (unpaired) electrons. The molecule has 0 saturated carbocycles. The molecule has 16 heavy (non-hydrogen) atoms. The Hall–Kier alpha value is -0.660. The first-order valence-electron chi connectivity index (χ1n) is 4.61. The minimum Gasteiger partial charge on any atom is -0.396 e. The van der Waals surface area contributed by atoms with Crippen molar-refractivity contribution >= 4 is 33.4 Å². The summed E-state index contributed by atoms with van der Waals surface area (Å²) >= 11 is 4.61. The summed E-state index contributed by atoms with van der Waals surface area (Å²) < 4.78 is 0.608. The zero-order chi connectivity index (χ0) is 12.1. The second-order valence-electron chi connectivity index (χ2n) is 3.17. The Balaban J connectivity index is 2.97. The van der Waals surface area contributed by atoms with E-state index in [1.165, 1.54) is 24.2 Å². The summed E-state index contributed by atoms with van der Waals surface area (Å²) in [5.41, 5.74) is -0.0100. The van der Waals surface area contributed by atoms with Gasteiger partial charge >= 0.3 is 5.69 Å². The molecule has 1 N–H and O–H groups in total. The van der Waals surface area contributed by atoms with Gasteiger partial charge in [0.05, 0.1) is 9.40 Å². The minimum atomic E-state index is -0.453. The summed E-state index contributed by atoms with van der Waals surface area (Å²) in [6.07, 6.45) is 3.36. The van der Waals surface area contributed by atoms with E-state index < -0.39 is 4.92 Å². The van der Waals surface area contributed by atoms with Gasteiger partial charge in [-0.1, -0.05) is 6.92 Å². The number of aliphatic hydroxyl groups excluding tert-OH is 1. The number of hydrogen-bond acceptors (Lipinski definition) is 5. The highest BCUT2D eigenvalue weighted by atomic mass is 79.9. The van der Waals surface area contributed by atoms with E-state index in [-0.39, 0.29) is 17.5 Å². The average molecular weight is 307 g/mol. The zero-order valence-corrected chi connectivity index (χ0v) is 11.0. The van der Waals surface area contributed by atoms with Crippen molar-refractivity contribution in [3.05, 3.63) is 27.0 Å². The van der Waals surface area contributed by atoms with Gasteiger partial charge in [-0.05, 0) is 22.4 Å². The van der Waals surface area contributed by atoms with E-state index in [0.29, 0.717) is 15.8 Å². The third kappa shape index (κ3) is 3.43. The van der Waals surface area contributed by atoms with Crippen molar-refractivity contribution in [2.45, 2.75) is 23.5 Å². The number of aliphatic hydroxyl groups is 1. The summed E-state index contributed by atoms with van der Waals surface area (Å²) in [4.78, 5) is 14.7. The van der Waals surface area contributed by atoms with E-state index in [0.717, 1.165) is 0 Å². The van der Waals surface area contributed by atoms with Gasteiger partial charge in [0.1, 0.15) is 11.1 Å². The van der Waals surface area contributed by atoms with Crippen molar-refractivity contribution in [2.24, 2.45) is 0 Å². The van der Waals surface area contributed by atoms with Gasteiger partial charge in [0.2, 0.25) is 0 Å². The van der Waals surface area contributed by atoms with Crippen LogP contribution in [0.2, 0.25) is 0 Å². The highest BCUT2D eigenvalue weighted by Gasteiger charge is 2.19. The lowest BCUT2D eigenvalue weighted by Gasteiger charge is -2.10. The Bertz CT molecular complexity index is 389. The van der Waals surface area contributed by atoms with Gasteiger partial charge in [-0.2, -0.15) is 0 Å². The number of pyridine rings is 1. The number of nitrogens with zero attached hydrogens (tertiary/aromatic N) is 2. The average Bonchev–Trinajstić information content (AvgIpc) is 2.21. The van der Waals surface area contributed by atoms with Gasteiger partial charge in [-0.15, -0.1) is 11.8 Å². The molecular weight excluding hydrogens is 296 g/mol. The predicted octanol–water partition coefficient (Wildman–Crippen LogP) is 2.62. The molecule has 0 aromatic carbocycles. The van der Waals surface area contributed by atoms with Crippen LogP contribution in [0.25, 0.3) is 0 Å². The maximum atomic E-state index is 10.8. The molecule has 0 aliphatic rings. The fraction of sp³-hybridized carbons (Fsp3) is 0.444. The van der Waals surface area contributed by atoms with Crippen molar-refractivity contribution in [3.8, 4) is 0 Å². The monoisotopic (exact) mass is 306 g/mol. The minimum absolute atomic E-state index is 0.0100. The Morgan fingerprint density at radius 3 is 2.94 bits per heavy atom. The summed E-state index contributed by atoms with van der Waals surface area (Å²) in [7, 11) is 0. The van der Waals surface area contributed by atoms with Crippen LogP contribution in [0.15, 0.2) is 21.8 Å². The standard InChI is InChI=1S/C9H11BrN2O3S/c1-6(2-3-13)16-9-7(10)4-11-5-8(9)12(14)15/h4-6,13H,2-3H2,1H3. The van der Waals surface area contributed by atoms with Crippen LogP contribution in [0, 0.1) is 10.1 Å². The van der Waals surface area contributed by atoms with Crippen molar-refractivity contribution in [2.75, 3.05) is 6.61 Å². The van der Waals surface area contributed by atoms with Gasteiger partial charge in [0.15, 0.2) is 0 Å². The van der Waals surface area contributed by atoms with Crippen LogP contribution in [0.3, 0.4) is 0 Å². The molecule has 1 aromatic heterocycles. The Kier molecular flexibility index (Phi) is 5.17. The lowest BCUT2D eigenvalue weighted by atomic mass is 10.3. The van der Waals surface area contributed by atoms with Crippen LogP contribution in [-0.2, 0) is 0 Å². The highest BCUT2D eigenvalue weighted by molar-refractivity contribution is 9.10. The lowest BCUT2D eigenvalue weighted by molar-refractivity contribution is -0.388. The fourth-order valence-electron chi connectivity index (χ4n) is 1.10. The van der Waals surface area contributed by atoms with E-state index in [2.05, 4.69) is 20.9 Å². The number of halogens is 1. The molecule has 0 spiro atoms. The van der Waals surface area contributed by atoms with Crippen LogP contribution in [0.1, 0.15) is 13.3 Å². The lowest BCUT2D eigenvalue weighted by Crippen LogP contribution is -2.01. The molecule has 1 heterocycles. The molecular formula is C9H11BrN2O3S. The first-order valence-corrected chi connectivity index (χ1v) is 6.29. The molecule has 1 atom stereocenters. The Labute approximate surface area is 106 Å². The summed E-state index contributed by atoms with van der Waals surface area (Å²) in [5.74, 6) is 0. The molecule has 1 aromatic rings. The molecule has 0 fully saturated rings. The molecule has 7 heteroatoms. The van der Waals surface area contributed by atoms with Crippen LogP contribution in [-0.4, -0.2) is 26.9 Å². The summed E-state index contributed by atoms with van der Waals surface area (Å²) in [5, 5.41) is 19.7. The van der Waals surface area contributed by atoms with Gasteiger partial charge in [-0.25, -0.2) is 0 Å². The molecule has 0 aliphatic carbocycles. The Morgan fingerprint density at radius 2 is 2.38 bits per heavy atom. The molecule has 0 aliphatic heterocycles. The van der Waals surface area contributed by atoms with Crippen molar-refractivity contribution in [3.63, 3.8) is 0 Å². The number of thioether (sulfide) groups is 1. The van der Waals surface area contributed by atoms with Crippen LogP contribution in [0.4, 0.5) is 5.69 Å². The SMILES string of the molecule is CC(CCO)Sc1c(Br)cncc1[N+](=O)[O-]. The van der Waals surface area contributed by atoms with E-state index in [9.17, 15) is 10.1 Å². The molecule has 5 nitrogen and oxygen atoms in total. The van der Waals surface area contributed by atoms with Crippen LogP contribution in [0.5, 0.6) is 0 Å². The number of aromatic nitrogens is 1. The van der Waals surface area contributed by atoms with Gasteiger partial charge in [-0.3, -0.25) is 15.1 Å². The van der Waals surface area contributed by atoms with Gasteiger partial charge in [0, 0.05) is 18.1 Å². The molecule has 1 rings (SSSR count). The van der Waals surface area contributed by atoms with Crippen molar-refractivity contribution in [1.29, 1.82) is 0 Å². The molecule has 0 saturated heterocycles. The Morgan fingerprint density at radius 1 is 1.69 bits per heavy atom. The van der Waals surface area contributed by atoms with E-state index >= 15 is 0 Å². The predicted molar refractivity (Wildman–Crippen MR) is 65.6 cm³/mol. The van der Waals surface area contributed by atoms with E-state index in [4.69, 9.17) is 5.11 Å². The second-order valence-corrected chi connectivity index (χ2v) is 5.47. The van der Waals surface area contributed by atoms with E-state index in [1.807, 2.05) is 6.92 Å². The molecule has 1 unspecified atom stereocenters. The maximum absolute atomic E-state index is 10.8. The first-order chi connectivity index (χ1) is 7.56. The van der Waals surface area contributed by atoms with Crippen LogP contribution < -0.4 is 0 Å². The normalized spacial score (nSPS) is 12.4. The van der Waals surface area contributed by atoms with E-state index in [1.54, 1.807) is 0 Å². The molecule has 0 amide bonds. The quantitative estimate of drug-likeness (QED) is 0.514. The van der Waals surface area contributed by atoms with Crippen molar-refractivity contribution < 1.29 is 10.0 Å². The number of hydrogen-bond donors (Lipinski definition) is 1. The fourth-order valence-corrected chi connectivity index (χ4v) is 2.74. The summed E-state index contributed by atoms with van der Waals surface area (Å²) in [6.45, 7) is 1.99. The number of rotatable bonds is 5. The topological polar surface area (TPSA) is 76.3 Å². The third-order valence-corrected chi connectivity index (χ3v) is 4.05. The first kappa shape index (κ1) is 13.4. The number of nitro groups is 1. The maximum Gasteiger partial charge on any atom is 0.302 e. The molecule has 0 bridgehead atoms. The zero-order valence-electron chi connectivity index (χ0n) is 8.59. The largest absolute Gasteiger partial charge is 0.396 e.